The zero-order chi connectivity index (χ0) is 14.8. The molecule has 0 fully saturated rings. The molecule has 0 spiro atoms. The number of amides is 1. The monoisotopic (exact) mass is 301 g/mol. The van der Waals surface area contributed by atoms with Gasteiger partial charge in [0.05, 0.1) is 11.6 Å². The van der Waals surface area contributed by atoms with Gasteiger partial charge in [0.2, 0.25) is 5.91 Å². The highest BCUT2D eigenvalue weighted by atomic mass is 35.5. The van der Waals surface area contributed by atoms with Crippen LogP contribution in [0.1, 0.15) is 11.1 Å². The fraction of sp³-hybridized carbons (Fsp3) is 0.250. The maximum atomic E-state index is 12.4. The summed E-state index contributed by atoms with van der Waals surface area (Å²) < 4.78 is 0. The summed E-state index contributed by atoms with van der Waals surface area (Å²) in [6, 6.07) is 9.89. The molecule has 21 heavy (non-hydrogen) atoms. The fourth-order valence-corrected chi connectivity index (χ4v) is 2.78. The van der Waals surface area contributed by atoms with E-state index in [2.05, 4.69) is 15.6 Å². The van der Waals surface area contributed by atoms with E-state index in [9.17, 15) is 4.79 Å². The topological polar surface area (TPSA) is 54.0 Å². The Morgan fingerprint density at radius 1 is 1.38 bits per heavy atom. The molecule has 1 aromatic heterocycles. The Morgan fingerprint density at radius 2 is 2.19 bits per heavy atom. The number of rotatable bonds is 2. The van der Waals surface area contributed by atoms with Crippen LogP contribution in [0.5, 0.6) is 0 Å². The number of hydrogen-bond acceptors (Lipinski definition) is 3. The smallest absolute Gasteiger partial charge is 0.229 e. The molecular formula is C16H16ClN3O. The summed E-state index contributed by atoms with van der Waals surface area (Å²) in [5.41, 5.74) is 3.78. The Hall–Kier alpha value is -2.07. The van der Waals surface area contributed by atoms with E-state index in [0.717, 1.165) is 23.2 Å². The number of carbonyl (C=O) groups is 1. The van der Waals surface area contributed by atoms with Crippen molar-refractivity contribution >= 4 is 28.9 Å². The summed E-state index contributed by atoms with van der Waals surface area (Å²) >= 11 is 6.05. The largest absolute Gasteiger partial charge is 0.384 e. The molecule has 2 heterocycles. The van der Waals surface area contributed by atoms with Gasteiger partial charge in [-0.3, -0.25) is 4.79 Å². The zero-order valence-corrected chi connectivity index (χ0v) is 12.4. The maximum absolute atomic E-state index is 12.4. The molecule has 0 aliphatic carbocycles. The van der Waals surface area contributed by atoms with Crippen LogP contribution in [0.15, 0.2) is 36.5 Å². The van der Waals surface area contributed by atoms with Crippen molar-refractivity contribution in [2.24, 2.45) is 5.92 Å². The number of pyridine rings is 1. The van der Waals surface area contributed by atoms with Gasteiger partial charge < -0.3 is 10.6 Å². The summed E-state index contributed by atoms with van der Waals surface area (Å²) in [6.07, 6.45) is 2.36. The van der Waals surface area contributed by atoms with Crippen LogP contribution in [0.25, 0.3) is 0 Å². The van der Waals surface area contributed by atoms with Gasteiger partial charge >= 0.3 is 0 Å². The van der Waals surface area contributed by atoms with Crippen LogP contribution in [0.3, 0.4) is 0 Å². The van der Waals surface area contributed by atoms with Crippen LogP contribution in [-0.4, -0.2) is 17.4 Å². The summed E-state index contributed by atoms with van der Waals surface area (Å²) in [5, 5.41) is 6.53. The van der Waals surface area contributed by atoms with Crippen molar-refractivity contribution in [2.45, 2.75) is 13.3 Å². The van der Waals surface area contributed by atoms with Crippen LogP contribution in [0, 0.1) is 12.8 Å². The first-order valence-corrected chi connectivity index (χ1v) is 7.26. The molecule has 0 saturated heterocycles. The van der Waals surface area contributed by atoms with E-state index in [0.29, 0.717) is 17.4 Å². The number of aromatic nitrogens is 1. The summed E-state index contributed by atoms with van der Waals surface area (Å²) in [6.45, 7) is 2.53. The number of fused-ring (bicyclic) bond motifs is 1. The summed E-state index contributed by atoms with van der Waals surface area (Å²) in [4.78, 5) is 16.5. The highest BCUT2D eigenvalue weighted by Crippen LogP contribution is 2.27. The fourth-order valence-electron chi connectivity index (χ4n) is 2.53. The number of para-hydroxylation sites is 1. The Bertz CT molecular complexity index is 667. The number of anilines is 2. The quantitative estimate of drug-likeness (QED) is 0.837. The number of hydrogen-bond donors (Lipinski definition) is 2. The first-order chi connectivity index (χ1) is 10.1. The molecule has 1 aliphatic heterocycles. The molecule has 108 valence electrons. The molecule has 3 rings (SSSR count). The van der Waals surface area contributed by atoms with Crippen LogP contribution < -0.4 is 10.6 Å². The van der Waals surface area contributed by atoms with Gasteiger partial charge in [-0.15, -0.1) is 0 Å². The number of nitrogens with zero attached hydrogens (tertiary/aromatic N) is 1. The average Bonchev–Trinajstić information content (AvgIpc) is 2.50. The Balaban J connectivity index is 1.76. The predicted octanol–water partition coefficient (Wildman–Crippen LogP) is 3.27. The van der Waals surface area contributed by atoms with E-state index >= 15 is 0 Å². The number of carbonyl (C=O) groups excluding carboxylic acids is 1. The maximum Gasteiger partial charge on any atom is 0.229 e. The third-order valence-electron chi connectivity index (χ3n) is 3.75. The van der Waals surface area contributed by atoms with Crippen LogP contribution in [-0.2, 0) is 11.2 Å². The van der Waals surface area contributed by atoms with E-state index in [1.165, 1.54) is 0 Å². The third kappa shape index (κ3) is 2.85. The molecular weight excluding hydrogens is 286 g/mol. The molecule has 1 aliphatic rings. The van der Waals surface area contributed by atoms with Crippen molar-refractivity contribution < 1.29 is 4.79 Å². The Labute approximate surface area is 128 Å². The molecule has 2 aromatic rings. The van der Waals surface area contributed by atoms with E-state index in [-0.39, 0.29) is 11.8 Å². The first-order valence-electron chi connectivity index (χ1n) is 6.89. The lowest BCUT2D eigenvalue weighted by atomic mass is 9.93. The van der Waals surface area contributed by atoms with Gasteiger partial charge in [0.1, 0.15) is 0 Å². The van der Waals surface area contributed by atoms with Crippen LogP contribution in [0.2, 0.25) is 5.15 Å². The number of benzene rings is 1. The minimum Gasteiger partial charge on any atom is -0.384 e. The van der Waals surface area contributed by atoms with Gasteiger partial charge in [-0.25, -0.2) is 4.98 Å². The van der Waals surface area contributed by atoms with Gasteiger partial charge in [0, 0.05) is 18.4 Å². The minimum absolute atomic E-state index is 0.0324. The summed E-state index contributed by atoms with van der Waals surface area (Å²) in [5.74, 6) is -0.148. The van der Waals surface area contributed by atoms with Crippen LogP contribution in [0.4, 0.5) is 11.4 Å². The van der Waals surface area contributed by atoms with Gasteiger partial charge in [0.25, 0.3) is 0 Å². The molecule has 1 unspecified atom stereocenters. The Morgan fingerprint density at radius 3 is 3.00 bits per heavy atom. The lowest BCUT2D eigenvalue weighted by Gasteiger charge is -2.25. The lowest BCUT2D eigenvalue weighted by molar-refractivity contribution is -0.119. The van der Waals surface area contributed by atoms with E-state index in [4.69, 9.17) is 11.6 Å². The third-order valence-corrected chi connectivity index (χ3v) is 4.04. The van der Waals surface area contributed by atoms with Crippen molar-refractivity contribution in [2.75, 3.05) is 17.2 Å². The Kier molecular flexibility index (Phi) is 3.80. The van der Waals surface area contributed by atoms with E-state index < -0.39 is 0 Å². The molecule has 1 atom stereocenters. The van der Waals surface area contributed by atoms with Crippen molar-refractivity contribution in [3.8, 4) is 0 Å². The molecule has 1 amide bonds. The highest BCUT2D eigenvalue weighted by molar-refractivity contribution is 6.32. The van der Waals surface area contributed by atoms with Crippen LogP contribution >= 0.6 is 11.6 Å². The van der Waals surface area contributed by atoms with Crippen molar-refractivity contribution in [3.05, 3.63) is 52.8 Å². The second-order valence-electron chi connectivity index (χ2n) is 5.22. The normalized spacial score (nSPS) is 16.8. The highest BCUT2D eigenvalue weighted by Gasteiger charge is 2.25. The predicted molar refractivity (Wildman–Crippen MR) is 84.7 cm³/mol. The molecule has 0 radical (unpaired) electrons. The van der Waals surface area contributed by atoms with E-state index in [1.807, 2.05) is 37.3 Å². The van der Waals surface area contributed by atoms with Crippen molar-refractivity contribution in [1.29, 1.82) is 0 Å². The lowest BCUT2D eigenvalue weighted by Crippen LogP contribution is -2.34. The SMILES string of the molecule is Cc1ccnc(Cl)c1NC(=O)C1CNc2ccccc2C1. The van der Waals surface area contributed by atoms with Gasteiger partial charge in [0.15, 0.2) is 5.15 Å². The number of nitrogens with one attached hydrogen (secondary N) is 2. The van der Waals surface area contributed by atoms with Crippen molar-refractivity contribution in [1.82, 2.24) is 4.98 Å². The van der Waals surface area contributed by atoms with Gasteiger partial charge in [-0.1, -0.05) is 29.8 Å². The zero-order valence-electron chi connectivity index (χ0n) is 11.7. The molecule has 1 aromatic carbocycles. The van der Waals surface area contributed by atoms with Gasteiger partial charge in [-0.05, 0) is 36.6 Å². The number of halogens is 1. The molecule has 5 heteroatoms. The molecule has 0 saturated carbocycles. The summed E-state index contributed by atoms with van der Waals surface area (Å²) in [7, 11) is 0. The molecule has 0 bridgehead atoms. The standard InChI is InChI=1S/C16H16ClN3O/c1-10-6-7-18-15(17)14(10)20-16(21)12-8-11-4-2-3-5-13(11)19-9-12/h2-7,12,19H,8-9H2,1H3,(H,20,21). The molecule has 4 nitrogen and oxygen atoms in total. The molecule has 2 N–H and O–H groups in total. The number of aryl methyl sites for hydroxylation is 1. The average molecular weight is 302 g/mol. The van der Waals surface area contributed by atoms with Crippen molar-refractivity contribution in [3.63, 3.8) is 0 Å². The first kappa shape index (κ1) is 13.9. The second kappa shape index (κ2) is 5.74. The van der Waals surface area contributed by atoms with E-state index in [1.54, 1.807) is 6.20 Å². The minimum atomic E-state index is -0.115. The van der Waals surface area contributed by atoms with Gasteiger partial charge in [-0.2, -0.15) is 0 Å². The second-order valence-corrected chi connectivity index (χ2v) is 5.58.